The molecule has 0 aliphatic rings. The molecule has 0 bridgehead atoms. The fourth-order valence-electron chi connectivity index (χ4n) is 1.80. The zero-order valence-electron chi connectivity index (χ0n) is 11.8. The average molecular weight is 331 g/mol. The van der Waals surface area contributed by atoms with Crippen LogP contribution < -0.4 is 4.46 Å². The van der Waals surface area contributed by atoms with Crippen LogP contribution in [0.25, 0.3) is 0 Å². The maximum absolute atomic E-state index is 5.72. The second-order valence-electron chi connectivity index (χ2n) is 4.44. The fourth-order valence-corrected chi connectivity index (χ4v) is 3.67. The zero-order valence-corrected chi connectivity index (χ0v) is 13.5. The molecule has 0 saturated heterocycles. The van der Waals surface area contributed by atoms with Gasteiger partial charge in [0, 0.05) is 0 Å². The molecule has 2 heteroatoms. The van der Waals surface area contributed by atoms with Gasteiger partial charge in [0.2, 0.25) is 0 Å². The summed E-state index contributed by atoms with van der Waals surface area (Å²) in [6.07, 6.45) is 3.35. The first kappa shape index (κ1) is 15.1. The molecular weight excluding hydrogens is 311 g/mol. The van der Waals surface area contributed by atoms with Crippen molar-refractivity contribution in [1.29, 1.82) is 0 Å². The van der Waals surface area contributed by atoms with Gasteiger partial charge in [-0.25, -0.2) is 0 Å². The molecule has 0 N–H and O–H groups in total. The van der Waals surface area contributed by atoms with Crippen LogP contribution in [0.15, 0.2) is 71.2 Å². The van der Waals surface area contributed by atoms with Crippen LogP contribution in [0.2, 0.25) is 0 Å². The van der Waals surface area contributed by atoms with E-state index >= 15 is 0 Å². The Labute approximate surface area is 127 Å². The van der Waals surface area contributed by atoms with E-state index in [-0.39, 0.29) is 0 Å². The Bertz CT molecular complexity index is 520. The summed E-state index contributed by atoms with van der Waals surface area (Å²) in [5.41, 5.74) is 1.23. The second kappa shape index (κ2) is 8.76. The van der Waals surface area contributed by atoms with Crippen molar-refractivity contribution in [3.8, 4) is 0 Å². The van der Waals surface area contributed by atoms with Crippen LogP contribution in [-0.4, -0.2) is 21.6 Å². The Morgan fingerprint density at radius 3 is 2.30 bits per heavy atom. The second-order valence-corrected chi connectivity index (χ2v) is 6.96. The van der Waals surface area contributed by atoms with E-state index in [9.17, 15) is 0 Å². The molecule has 0 fully saturated rings. The van der Waals surface area contributed by atoms with Gasteiger partial charge in [-0.2, -0.15) is 0 Å². The van der Waals surface area contributed by atoms with Gasteiger partial charge in [0.05, 0.1) is 0 Å². The summed E-state index contributed by atoms with van der Waals surface area (Å²) in [5.74, 6) is 0. The third-order valence-electron chi connectivity index (χ3n) is 2.88. The van der Waals surface area contributed by atoms with E-state index in [0.717, 1.165) is 6.42 Å². The molecule has 0 saturated carbocycles. The van der Waals surface area contributed by atoms with E-state index < -0.39 is 0 Å². The molecule has 0 heterocycles. The van der Waals surface area contributed by atoms with E-state index in [4.69, 9.17) is 4.74 Å². The molecule has 2 aromatic rings. The van der Waals surface area contributed by atoms with Gasteiger partial charge < -0.3 is 0 Å². The Kier molecular flexibility index (Phi) is 6.59. The van der Waals surface area contributed by atoms with Crippen molar-refractivity contribution in [2.75, 3.05) is 6.61 Å². The molecule has 0 unspecified atom stereocenters. The van der Waals surface area contributed by atoms with Gasteiger partial charge in [-0.1, -0.05) is 0 Å². The predicted molar refractivity (Wildman–Crippen MR) is 86.3 cm³/mol. The minimum atomic E-state index is 0.423. The normalized spacial score (nSPS) is 11.6. The van der Waals surface area contributed by atoms with Crippen LogP contribution >= 0.6 is 0 Å². The molecule has 0 atom stereocenters. The molecule has 0 amide bonds. The summed E-state index contributed by atoms with van der Waals surface area (Å²) in [4.78, 5) is 0. The van der Waals surface area contributed by atoms with Gasteiger partial charge >= 0.3 is 127 Å². The first-order valence-electron chi connectivity index (χ1n) is 6.92. The van der Waals surface area contributed by atoms with Crippen LogP contribution in [0.4, 0.5) is 0 Å². The van der Waals surface area contributed by atoms with Crippen LogP contribution in [0, 0.1) is 0 Å². The first-order chi connectivity index (χ1) is 9.88. The standard InChI is InChI=1S/C18H20OSe/c1-2-17(20-18-11-7-4-8-12-18)13-14-19-15-16-9-5-3-6-10-16/h3-13H,2,14-15H2,1H3/b17-13+. The SMILES string of the molecule is CC/C(=C\COCc1ccccc1)[Se]c1ccccc1. The quantitative estimate of drug-likeness (QED) is 0.557. The molecule has 0 spiro atoms. The number of hydrogen-bond acceptors (Lipinski definition) is 1. The number of ether oxygens (including phenoxy) is 1. The van der Waals surface area contributed by atoms with Crippen molar-refractivity contribution in [3.63, 3.8) is 0 Å². The molecule has 0 aromatic heterocycles. The van der Waals surface area contributed by atoms with Gasteiger partial charge in [0.15, 0.2) is 0 Å². The molecule has 0 aliphatic carbocycles. The Morgan fingerprint density at radius 2 is 1.65 bits per heavy atom. The molecule has 0 aliphatic heterocycles. The predicted octanol–water partition coefficient (Wildman–Crippen LogP) is 3.53. The minimum absolute atomic E-state index is 0.423. The summed E-state index contributed by atoms with van der Waals surface area (Å²) in [7, 11) is 0. The average Bonchev–Trinajstić information content (AvgIpc) is 2.52. The van der Waals surface area contributed by atoms with Crippen molar-refractivity contribution in [3.05, 3.63) is 76.8 Å². The molecule has 0 radical (unpaired) electrons. The molecule has 20 heavy (non-hydrogen) atoms. The van der Waals surface area contributed by atoms with Crippen LogP contribution in [0.3, 0.4) is 0 Å². The number of hydrogen-bond donors (Lipinski definition) is 0. The summed E-state index contributed by atoms with van der Waals surface area (Å²) < 4.78 is 8.65. The Hall–Kier alpha value is -1.34. The summed E-state index contributed by atoms with van der Waals surface area (Å²) in [5, 5.41) is 0. The van der Waals surface area contributed by atoms with Gasteiger partial charge in [-0.3, -0.25) is 0 Å². The van der Waals surface area contributed by atoms with Gasteiger partial charge in [0.1, 0.15) is 0 Å². The van der Waals surface area contributed by atoms with Gasteiger partial charge in [-0.15, -0.1) is 0 Å². The zero-order chi connectivity index (χ0) is 14.0. The number of benzene rings is 2. The van der Waals surface area contributed by atoms with Crippen LogP contribution in [0.1, 0.15) is 18.9 Å². The molecule has 1 nitrogen and oxygen atoms in total. The van der Waals surface area contributed by atoms with E-state index in [2.05, 4.69) is 55.5 Å². The van der Waals surface area contributed by atoms with E-state index in [0.29, 0.717) is 28.2 Å². The van der Waals surface area contributed by atoms with E-state index in [1.165, 1.54) is 14.5 Å². The summed E-state index contributed by atoms with van der Waals surface area (Å²) in [6.45, 7) is 3.60. The van der Waals surface area contributed by atoms with E-state index in [1.807, 2.05) is 18.2 Å². The Morgan fingerprint density at radius 1 is 1.00 bits per heavy atom. The number of allylic oxidation sites excluding steroid dienone is 1. The van der Waals surface area contributed by atoms with Crippen molar-refractivity contribution in [2.45, 2.75) is 20.0 Å². The maximum atomic E-state index is 5.72. The van der Waals surface area contributed by atoms with Crippen molar-refractivity contribution >= 4 is 19.4 Å². The fraction of sp³-hybridized carbons (Fsp3) is 0.222. The van der Waals surface area contributed by atoms with Crippen LogP contribution in [0.5, 0.6) is 0 Å². The van der Waals surface area contributed by atoms with Crippen LogP contribution in [-0.2, 0) is 11.3 Å². The number of rotatable bonds is 7. The first-order valence-corrected chi connectivity index (χ1v) is 8.63. The van der Waals surface area contributed by atoms with Gasteiger partial charge in [0.25, 0.3) is 0 Å². The van der Waals surface area contributed by atoms with Crippen molar-refractivity contribution in [2.24, 2.45) is 0 Å². The molecule has 104 valence electrons. The summed E-state index contributed by atoms with van der Waals surface area (Å²) >= 11 is 0.423. The molecule has 2 aromatic carbocycles. The monoisotopic (exact) mass is 332 g/mol. The Balaban J connectivity index is 1.79. The van der Waals surface area contributed by atoms with Crippen molar-refractivity contribution in [1.82, 2.24) is 0 Å². The topological polar surface area (TPSA) is 9.23 Å². The van der Waals surface area contributed by atoms with E-state index in [1.54, 1.807) is 0 Å². The molecule has 2 rings (SSSR count). The van der Waals surface area contributed by atoms with Crippen molar-refractivity contribution < 1.29 is 4.74 Å². The van der Waals surface area contributed by atoms with Gasteiger partial charge in [-0.05, 0) is 0 Å². The third-order valence-corrected chi connectivity index (χ3v) is 5.45. The molecular formula is C18H20OSe. The summed E-state index contributed by atoms with van der Waals surface area (Å²) in [6, 6.07) is 21.0. The third kappa shape index (κ3) is 5.34.